The van der Waals surface area contributed by atoms with Gasteiger partial charge in [-0.25, -0.2) is 4.79 Å². The van der Waals surface area contributed by atoms with Crippen LogP contribution in [0.25, 0.3) is 0 Å². The van der Waals surface area contributed by atoms with E-state index in [0.29, 0.717) is 25.4 Å². The largest absolute Gasteiger partial charge is 0.481 e. The van der Waals surface area contributed by atoms with Gasteiger partial charge in [0.2, 0.25) is 0 Å². The van der Waals surface area contributed by atoms with Gasteiger partial charge in [0, 0.05) is 31.6 Å². The average Bonchev–Trinajstić information content (AvgIpc) is 2.81. The summed E-state index contributed by atoms with van der Waals surface area (Å²) < 4.78 is 0. The SMILES string of the molecule is O=C(O)CCCCNC(=O)NC1CCN2CCCCC12. The standard InChI is InChI=1S/C14H25N3O3/c18-13(19)6-1-3-8-15-14(20)16-11-7-10-17-9-4-2-5-12(11)17/h11-12H,1-10H2,(H,18,19)(H2,15,16,20). The Hall–Kier alpha value is -1.30. The Balaban J connectivity index is 1.61. The van der Waals surface area contributed by atoms with Crippen molar-refractivity contribution in [1.29, 1.82) is 0 Å². The Kier molecular flexibility index (Phi) is 5.64. The fraction of sp³-hybridized carbons (Fsp3) is 0.857. The van der Waals surface area contributed by atoms with Crippen LogP contribution in [0.1, 0.15) is 44.9 Å². The maximum Gasteiger partial charge on any atom is 0.315 e. The molecule has 114 valence electrons. The van der Waals surface area contributed by atoms with Crippen molar-refractivity contribution in [2.45, 2.75) is 57.0 Å². The number of carboxylic acid groups (broad SMARTS) is 1. The lowest BCUT2D eigenvalue weighted by Gasteiger charge is -2.32. The Morgan fingerprint density at radius 3 is 2.80 bits per heavy atom. The molecule has 2 amide bonds. The molecule has 2 rings (SSSR count). The third-order valence-corrected chi connectivity index (χ3v) is 4.28. The van der Waals surface area contributed by atoms with Gasteiger partial charge in [-0.05, 0) is 38.6 Å². The van der Waals surface area contributed by atoms with Crippen LogP contribution >= 0.6 is 0 Å². The monoisotopic (exact) mass is 283 g/mol. The van der Waals surface area contributed by atoms with Gasteiger partial charge < -0.3 is 15.7 Å². The zero-order chi connectivity index (χ0) is 14.4. The molecular weight excluding hydrogens is 258 g/mol. The summed E-state index contributed by atoms with van der Waals surface area (Å²) in [6, 6.07) is 0.675. The lowest BCUT2D eigenvalue weighted by molar-refractivity contribution is -0.137. The minimum atomic E-state index is -0.780. The maximum atomic E-state index is 11.8. The topological polar surface area (TPSA) is 81.7 Å². The van der Waals surface area contributed by atoms with Crippen molar-refractivity contribution in [2.75, 3.05) is 19.6 Å². The van der Waals surface area contributed by atoms with Crippen molar-refractivity contribution < 1.29 is 14.7 Å². The second-order valence-electron chi connectivity index (χ2n) is 5.75. The minimum absolute atomic E-state index is 0.113. The van der Waals surface area contributed by atoms with Crippen LogP contribution in [-0.4, -0.2) is 53.7 Å². The molecule has 6 heteroatoms. The molecule has 0 bridgehead atoms. The molecule has 2 atom stereocenters. The third kappa shape index (κ3) is 4.37. The van der Waals surface area contributed by atoms with Crippen LogP contribution < -0.4 is 10.6 Å². The van der Waals surface area contributed by atoms with Crippen molar-refractivity contribution in [3.63, 3.8) is 0 Å². The van der Waals surface area contributed by atoms with Gasteiger partial charge in [-0.1, -0.05) is 6.42 Å². The zero-order valence-corrected chi connectivity index (χ0v) is 11.9. The first-order chi connectivity index (χ1) is 9.66. The van der Waals surface area contributed by atoms with E-state index in [4.69, 9.17) is 5.11 Å². The van der Waals surface area contributed by atoms with E-state index in [1.165, 1.54) is 25.8 Å². The van der Waals surface area contributed by atoms with Crippen molar-refractivity contribution in [1.82, 2.24) is 15.5 Å². The van der Waals surface area contributed by atoms with Crippen LogP contribution in [0.4, 0.5) is 4.79 Å². The van der Waals surface area contributed by atoms with Gasteiger partial charge in [0.1, 0.15) is 0 Å². The summed E-state index contributed by atoms with van der Waals surface area (Å²) in [5.41, 5.74) is 0. The number of aliphatic carboxylic acids is 1. The van der Waals surface area contributed by atoms with E-state index >= 15 is 0 Å². The number of amides is 2. The number of unbranched alkanes of at least 4 members (excludes halogenated alkanes) is 1. The van der Waals surface area contributed by atoms with Gasteiger partial charge in [-0.2, -0.15) is 0 Å². The fourth-order valence-electron chi connectivity index (χ4n) is 3.24. The van der Waals surface area contributed by atoms with Crippen molar-refractivity contribution in [3.8, 4) is 0 Å². The number of carbonyl (C=O) groups excluding carboxylic acids is 1. The predicted octanol–water partition coefficient (Wildman–Crippen LogP) is 1.17. The molecule has 6 nitrogen and oxygen atoms in total. The molecule has 0 aromatic rings. The van der Waals surface area contributed by atoms with Gasteiger partial charge in [0.05, 0.1) is 0 Å². The van der Waals surface area contributed by atoms with Crippen LogP contribution in [0.5, 0.6) is 0 Å². The summed E-state index contributed by atoms with van der Waals surface area (Å²) in [5, 5.41) is 14.4. The molecule has 0 aromatic heterocycles. The second-order valence-corrected chi connectivity index (χ2v) is 5.75. The average molecular weight is 283 g/mol. The normalized spacial score (nSPS) is 26.0. The van der Waals surface area contributed by atoms with Crippen LogP contribution in [0.15, 0.2) is 0 Å². The number of rotatable bonds is 6. The maximum absolute atomic E-state index is 11.8. The molecule has 0 radical (unpaired) electrons. The van der Waals surface area contributed by atoms with Gasteiger partial charge in [-0.15, -0.1) is 0 Å². The number of hydrogen-bond donors (Lipinski definition) is 3. The molecule has 2 saturated heterocycles. The van der Waals surface area contributed by atoms with E-state index in [-0.39, 0.29) is 18.5 Å². The van der Waals surface area contributed by atoms with E-state index in [0.717, 1.165) is 13.0 Å². The first-order valence-corrected chi connectivity index (χ1v) is 7.67. The fourth-order valence-corrected chi connectivity index (χ4v) is 3.24. The zero-order valence-electron chi connectivity index (χ0n) is 11.9. The molecule has 3 N–H and O–H groups in total. The van der Waals surface area contributed by atoms with Crippen LogP contribution in [0, 0.1) is 0 Å². The lowest BCUT2D eigenvalue weighted by Crippen LogP contribution is -2.49. The van der Waals surface area contributed by atoms with Gasteiger partial charge in [0.15, 0.2) is 0 Å². The summed E-state index contributed by atoms with van der Waals surface area (Å²) >= 11 is 0. The van der Waals surface area contributed by atoms with Crippen LogP contribution in [0.2, 0.25) is 0 Å². The molecule has 2 aliphatic rings. The number of fused-ring (bicyclic) bond motifs is 1. The summed E-state index contributed by atoms with van der Waals surface area (Å²) in [6.07, 6.45) is 6.24. The quantitative estimate of drug-likeness (QED) is 0.639. The van der Waals surface area contributed by atoms with Gasteiger partial charge in [0.25, 0.3) is 0 Å². The smallest absolute Gasteiger partial charge is 0.315 e. The van der Waals surface area contributed by atoms with Gasteiger partial charge >= 0.3 is 12.0 Å². The molecule has 0 spiro atoms. The molecule has 2 unspecified atom stereocenters. The second kappa shape index (κ2) is 7.47. The Bertz CT molecular complexity index is 349. The predicted molar refractivity (Wildman–Crippen MR) is 75.6 cm³/mol. The van der Waals surface area contributed by atoms with E-state index < -0.39 is 5.97 Å². The van der Waals surface area contributed by atoms with E-state index in [2.05, 4.69) is 15.5 Å². The summed E-state index contributed by atoms with van der Waals surface area (Å²) in [4.78, 5) is 24.7. The highest BCUT2D eigenvalue weighted by Crippen LogP contribution is 2.26. The highest BCUT2D eigenvalue weighted by Gasteiger charge is 2.36. The molecule has 0 aliphatic carbocycles. The van der Waals surface area contributed by atoms with Crippen LogP contribution in [-0.2, 0) is 4.79 Å². The molecular formula is C14H25N3O3. The van der Waals surface area contributed by atoms with Crippen molar-refractivity contribution >= 4 is 12.0 Å². The summed E-state index contributed by atoms with van der Waals surface area (Å²) in [6.45, 7) is 2.80. The van der Waals surface area contributed by atoms with Crippen molar-refractivity contribution in [2.24, 2.45) is 0 Å². The van der Waals surface area contributed by atoms with E-state index in [9.17, 15) is 9.59 Å². The molecule has 0 saturated carbocycles. The number of carbonyl (C=O) groups is 2. The number of urea groups is 1. The third-order valence-electron chi connectivity index (χ3n) is 4.28. The minimum Gasteiger partial charge on any atom is -0.481 e. The first kappa shape index (κ1) is 15.1. The lowest BCUT2D eigenvalue weighted by atomic mass is 9.99. The number of carboxylic acids is 1. The Labute approximate surface area is 119 Å². The van der Waals surface area contributed by atoms with Gasteiger partial charge in [-0.3, -0.25) is 9.69 Å². The molecule has 2 aliphatic heterocycles. The number of piperidine rings is 1. The molecule has 2 fully saturated rings. The van der Waals surface area contributed by atoms with Crippen LogP contribution in [0.3, 0.4) is 0 Å². The van der Waals surface area contributed by atoms with E-state index in [1.807, 2.05) is 0 Å². The first-order valence-electron chi connectivity index (χ1n) is 7.67. The molecule has 0 aromatic carbocycles. The summed E-state index contributed by atoms with van der Waals surface area (Å²) in [5.74, 6) is -0.780. The highest BCUT2D eigenvalue weighted by molar-refractivity contribution is 5.74. The molecule has 20 heavy (non-hydrogen) atoms. The number of nitrogens with zero attached hydrogens (tertiary/aromatic N) is 1. The Morgan fingerprint density at radius 2 is 2.00 bits per heavy atom. The highest BCUT2D eigenvalue weighted by atomic mass is 16.4. The van der Waals surface area contributed by atoms with Crippen molar-refractivity contribution in [3.05, 3.63) is 0 Å². The number of nitrogens with one attached hydrogen (secondary N) is 2. The number of hydrogen-bond acceptors (Lipinski definition) is 3. The summed E-state index contributed by atoms with van der Waals surface area (Å²) in [7, 11) is 0. The Morgan fingerprint density at radius 1 is 1.15 bits per heavy atom. The molecule has 2 heterocycles. The van der Waals surface area contributed by atoms with E-state index in [1.54, 1.807) is 0 Å².